The summed E-state index contributed by atoms with van der Waals surface area (Å²) >= 11 is 0. The number of aromatic nitrogens is 4. The molecule has 1 N–H and O–H groups in total. The van der Waals surface area contributed by atoms with Gasteiger partial charge in [0.1, 0.15) is 17.1 Å². The van der Waals surface area contributed by atoms with E-state index in [1.54, 1.807) is 34.9 Å². The molecular weight excluding hydrogens is 450 g/mol. The van der Waals surface area contributed by atoms with E-state index >= 15 is 0 Å². The summed E-state index contributed by atoms with van der Waals surface area (Å²) in [5, 5.41) is 7.20. The third kappa shape index (κ3) is 5.44. The second-order valence-electron chi connectivity index (χ2n) is 9.60. The molecule has 2 amide bonds. The maximum absolute atomic E-state index is 12.8. The summed E-state index contributed by atoms with van der Waals surface area (Å²) < 4.78 is 12.6. The molecule has 3 aromatic rings. The summed E-state index contributed by atoms with van der Waals surface area (Å²) in [6, 6.07) is 3.71. The number of rotatable bonds is 5. The minimum Gasteiger partial charge on any atom is -0.493 e. The largest absolute Gasteiger partial charge is 0.493 e. The highest BCUT2D eigenvalue weighted by Crippen LogP contribution is 2.27. The van der Waals surface area contributed by atoms with Crippen LogP contribution in [0.5, 0.6) is 5.75 Å². The predicted octanol–water partition coefficient (Wildman–Crippen LogP) is 3.14. The van der Waals surface area contributed by atoms with E-state index in [0.29, 0.717) is 23.8 Å². The van der Waals surface area contributed by atoms with Gasteiger partial charge in [0, 0.05) is 20.1 Å². The molecule has 1 saturated heterocycles. The summed E-state index contributed by atoms with van der Waals surface area (Å²) in [5.74, 6) is 0.734. The first-order valence-corrected chi connectivity index (χ1v) is 11.4. The summed E-state index contributed by atoms with van der Waals surface area (Å²) in [6.07, 6.45) is 5.18. The molecule has 11 nitrogen and oxygen atoms in total. The van der Waals surface area contributed by atoms with Crippen LogP contribution in [0.1, 0.15) is 43.4 Å². The van der Waals surface area contributed by atoms with Crippen molar-refractivity contribution < 1.29 is 19.1 Å². The molecule has 1 atom stereocenters. The number of methoxy groups -OCH3 is 1. The summed E-state index contributed by atoms with van der Waals surface area (Å²) in [6.45, 7) is 8.77. The number of likely N-dealkylation sites (N-methyl/N-ethyl adjacent to an activating group) is 1. The van der Waals surface area contributed by atoms with Crippen LogP contribution in [0.3, 0.4) is 0 Å². The number of fused-ring (bicyclic) bond motifs is 1. The minimum atomic E-state index is -0.543. The van der Waals surface area contributed by atoms with Gasteiger partial charge in [-0.3, -0.25) is 4.79 Å². The number of carbonyl (C=O) groups excluding carboxylic acids is 2. The average Bonchev–Trinajstić information content (AvgIpc) is 3.42. The second-order valence-corrected chi connectivity index (χ2v) is 9.60. The smallest absolute Gasteiger partial charge is 0.410 e. The maximum atomic E-state index is 12.8. The van der Waals surface area contributed by atoms with E-state index in [1.165, 1.54) is 13.3 Å². The number of nitrogens with zero attached hydrogens (tertiary/aromatic N) is 6. The molecule has 186 valence electrons. The minimum absolute atomic E-state index is 0.00388. The van der Waals surface area contributed by atoms with Gasteiger partial charge in [-0.25, -0.2) is 19.3 Å². The summed E-state index contributed by atoms with van der Waals surface area (Å²) in [4.78, 5) is 37.6. The van der Waals surface area contributed by atoms with Gasteiger partial charge < -0.3 is 24.6 Å². The van der Waals surface area contributed by atoms with Gasteiger partial charge in [0.15, 0.2) is 5.75 Å². The van der Waals surface area contributed by atoms with Crippen LogP contribution in [0, 0.1) is 6.92 Å². The monoisotopic (exact) mass is 481 g/mol. The number of anilines is 2. The SMILES string of the molecule is COc1cn2nc(C)cc2cc1NC(=O)c1cnc(N2CC[C@@H](N(C)C(=O)OC(C)(C)C)C2)cn1. The third-order valence-electron chi connectivity index (χ3n) is 5.74. The molecule has 3 aromatic heterocycles. The third-order valence-corrected chi connectivity index (χ3v) is 5.74. The fourth-order valence-electron chi connectivity index (χ4n) is 3.95. The Balaban J connectivity index is 1.41. The van der Waals surface area contributed by atoms with Crippen molar-refractivity contribution in [2.24, 2.45) is 0 Å². The Bertz CT molecular complexity index is 1230. The zero-order chi connectivity index (χ0) is 25.3. The summed E-state index contributed by atoms with van der Waals surface area (Å²) in [5.41, 5.74) is 1.85. The van der Waals surface area contributed by atoms with Crippen molar-refractivity contribution in [2.75, 3.05) is 37.5 Å². The lowest BCUT2D eigenvalue weighted by atomic mass is 10.2. The van der Waals surface area contributed by atoms with Gasteiger partial charge in [-0.1, -0.05) is 0 Å². The Morgan fingerprint density at radius 3 is 2.63 bits per heavy atom. The second kappa shape index (κ2) is 9.40. The number of nitrogens with one attached hydrogen (secondary N) is 1. The zero-order valence-corrected chi connectivity index (χ0v) is 20.9. The van der Waals surface area contributed by atoms with Crippen LogP contribution in [0.2, 0.25) is 0 Å². The lowest BCUT2D eigenvalue weighted by molar-refractivity contribution is 0.0237. The molecule has 4 heterocycles. The van der Waals surface area contributed by atoms with Gasteiger partial charge in [0.05, 0.1) is 48.6 Å². The van der Waals surface area contributed by atoms with Gasteiger partial charge in [0.2, 0.25) is 0 Å². The number of ether oxygens (including phenoxy) is 2. The van der Waals surface area contributed by atoms with Crippen molar-refractivity contribution in [3.05, 3.63) is 42.1 Å². The van der Waals surface area contributed by atoms with Gasteiger partial charge >= 0.3 is 6.09 Å². The van der Waals surface area contributed by atoms with E-state index in [4.69, 9.17) is 9.47 Å². The van der Waals surface area contributed by atoms with Crippen molar-refractivity contribution in [1.82, 2.24) is 24.5 Å². The standard InChI is InChI=1S/C24H31N7O4/c1-15-9-17-10-18(20(34-6)14-31(17)28-15)27-22(32)19-11-26-21(12-25-19)30-8-7-16(13-30)29(5)23(33)35-24(2,3)4/h9-12,14,16H,7-8,13H2,1-6H3,(H,27,32)/t16-/m1/s1. The Morgan fingerprint density at radius 1 is 1.20 bits per heavy atom. The molecule has 0 saturated carbocycles. The lowest BCUT2D eigenvalue weighted by Gasteiger charge is -2.28. The highest BCUT2D eigenvalue weighted by Gasteiger charge is 2.31. The lowest BCUT2D eigenvalue weighted by Crippen LogP contribution is -2.42. The van der Waals surface area contributed by atoms with Crippen LogP contribution in [0.4, 0.5) is 16.3 Å². The molecule has 11 heteroatoms. The molecule has 0 aromatic carbocycles. The van der Waals surface area contributed by atoms with Crippen LogP contribution in [-0.4, -0.2) is 75.4 Å². The van der Waals surface area contributed by atoms with E-state index in [2.05, 4.69) is 20.4 Å². The first-order chi connectivity index (χ1) is 16.5. The Kier molecular flexibility index (Phi) is 6.51. The van der Waals surface area contributed by atoms with Crippen LogP contribution in [-0.2, 0) is 4.74 Å². The molecule has 1 aliphatic rings. The topological polar surface area (TPSA) is 114 Å². The summed E-state index contributed by atoms with van der Waals surface area (Å²) in [7, 11) is 3.28. The highest BCUT2D eigenvalue weighted by atomic mass is 16.6. The van der Waals surface area contributed by atoms with E-state index in [0.717, 1.165) is 24.2 Å². The number of aryl methyl sites for hydroxylation is 1. The van der Waals surface area contributed by atoms with Gasteiger partial charge in [-0.05, 0) is 46.2 Å². The van der Waals surface area contributed by atoms with E-state index in [9.17, 15) is 9.59 Å². The zero-order valence-electron chi connectivity index (χ0n) is 20.9. The van der Waals surface area contributed by atoms with Crippen LogP contribution >= 0.6 is 0 Å². The van der Waals surface area contributed by atoms with Crippen LogP contribution in [0.25, 0.3) is 5.52 Å². The number of hydrogen-bond donors (Lipinski definition) is 1. The highest BCUT2D eigenvalue weighted by molar-refractivity contribution is 6.03. The van der Waals surface area contributed by atoms with Crippen molar-refractivity contribution in [3.63, 3.8) is 0 Å². The first kappa shape index (κ1) is 24.2. The number of amides is 2. The first-order valence-electron chi connectivity index (χ1n) is 11.4. The maximum Gasteiger partial charge on any atom is 0.410 e. The quantitative estimate of drug-likeness (QED) is 0.591. The Hall–Kier alpha value is -3.89. The Labute approximate surface area is 204 Å². The molecule has 1 aliphatic heterocycles. The van der Waals surface area contributed by atoms with Gasteiger partial charge in [-0.15, -0.1) is 0 Å². The van der Waals surface area contributed by atoms with E-state index in [1.807, 2.05) is 38.7 Å². The van der Waals surface area contributed by atoms with Gasteiger partial charge in [0.25, 0.3) is 5.91 Å². The molecule has 1 fully saturated rings. The number of carbonyl (C=O) groups is 2. The van der Waals surface area contributed by atoms with Gasteiger partial charge in [-0.2, -0.15) is 5.10 Å². The average molecular weight is 482 g/mol. The molecule has 0 aliphatic carbocycles. The van der Waals surface area contributed by atoms with Crippen molar-refractivity contribution in [1.29, 1.82) is 0 Å². The molecule has 0 unspecified atom stereocenters. The van der Waals surface area contributed by atoms with Crippen LogP contribution in [0.15, 0.2) is 30.7 Å². The molecule has 0 radical (unpaired) electrons. The van der Waals surface area contributed by atoms with Crippen molar-refractivity contribution in [3.8, 4) is 5.75 Å². The van der Waals surface area contributed by atoms with Crippen molar-refractivity contribution >= 4 is 29.0 Å². The fraction of sp³-hybridized carbons (Fsp3) is 0.458. The number of pyridine rings is 1. The fourth-order valence-corrected chi connectivity index (χ4v) is 3.95. The molecule has 35 heavy (non-hydrogen) atoms. The van der Waals surface area contributed by atoms with E-state index in [-0.39, 0.29) is 17.8 Å². The number of hydrogen-bond acceptors (Lipinski definition) is 8. The molecule has 0 bridgehead atoms. The molecule has 4 rings (SSSR count). The van der Waals surface area contributed by atoms with Crippen LogP contribution < -0.4 is 15.0 Å². The van der Waals surface area contributed by atoms with E-state index < -0.39 is 11.5 Å². The normalized spacial score (nSPS) is 15.8. The molecular formula is C24H31N7O4. The predicted molar refractivity (Wildman–Crippen MR) is 131 cm³/mol. The Morgan fingerprint density at radius 2 is 1.97 bits per heavy atom. The van der Waals surface area contributed by atoms with Crippen molar-refractivity contribution in [2.45, 2.75) is 45.8 Å². The molecule has 0 spiro atoms.